The van der Waals surface area contributed by atoms with Gasteiger partial charge in [0.1, 0.15) is 5.78 Å². The molecule has 1 aromatic heterocycles. The lowest BCUT2D eigenvalue weighted by atomic mass is 9.65. The van der Waals surface area contributed by atoms with Gasteiger partial charge >= 0.3 is 0 Å². The Bertz CT molecular complexity index is 994. The van der Waals surface area contributed by atoms with Gasteiger partial charge in [0, 0.05) is 74.3 Å². The molecule has 8 rings (SSSR count). The van der Waals surface area contributed by atoms with Crippen LogP contribution in [0.15, 0.2) is 18.5 Å². The molecule has 7 nitrogen and oxygen atoms in total. The molecule has 33 heavy (non-hydrogen) atoms. The molecule has 7 heteroatoms. The van der Waals surface area contributed by atoms with E-state index in [9.17, 15) is 9.59 Å². The van der Waals surface area contributed by atoms with Crippen LogP contribution >= 0.6 is 0 Å². The summed E-state index contributed by atoms with van der Waals surface area (Å²) in [5, 5.41) is 0. The zero-order chi connectivity index (χ0) is 21.8. The molecule has 5 heterocycles. The molecule has 3 saturated carbocycles. The maximum absolute atomic E-state index is 13.6. The first-order valence-electron chi connectivity index (χ1n) is 13.3. The van der Waals surface area contributed by atoms with Gasteiger partial charge < -0.3 is 4.90 Å². The molecule has 3 aliphatic carbocycles. The van der Waals surface area contributed by atoms with Crippen molar-refractivity contribution in [2.75, 3.05) is 37.6 Å². The topological polar surface area (TPSA) is 69.4 Å². The van der Waals surface area contributed by atoms with E-state index in [0.29, 0.717) is 47.3 Å². The summed E-state index contributed by atoms with van der Waals surface area (Å²) in [6, 6.07) is 3.24. The first-order valence-corrected chi connectivity index (χ1v) is 13.3. The van der Waals surface area contributed by atoms with Gasteiger partial charge in [-0.05, 0) is 56.0 Å². The third-order valence-corrected chi connectivity index (χ3v) is 10.7. The molecule has 0 amide bonds. The molecule has 174 valence electrons. The first-order chi connectivity index (χ1) is 16.2. The molecule has 0 spiro atoms. The van der Waals surface area contributed by atoms with Crippen LogP contribution in [-0.4, -0.2) is 82.2 Å². The Morgan fingerprint density at radius 2 is 1.73 bits per heavy atom. The zero-order valence-electron chi connectivity index (χ0n) is 19.1. The molecule has 4 saturated heterocycles. The second-order valence-electron chi connectivity index (χ2n) is 11.8. The van der Waals surface area contributed by atoms with Crippen molar-refractivity contribution >= 4 is 17.5 Å². The van der Waals surface area contributed by atoms with E-state index in [2.05, 4.69) is 24.7 Å². The maximum atomic E-state index is 13.6. The van der Waals surface area contributed by atoms with Crippen molar-refractivity contribution in [3.8, 4) is 0 Å². The molecule has 0 radical (unpaired) electrons. The number of aromatic nitrogens is 2. The minimum absolute atomic E-state index is 0.137. The fraction of sp³-hybridized carbons (Fsp3) is 0.769. The predicted molar refractivity (Wildman–Crippen MR) is 121 cm³/mol. The van der Waals surface area contributed by atoms with E-state index in [1.54, 1.807) is 0 Å². The first kappa shape index (κ1) is 19.4. The Kier molecular flexibility index (Phi) is 4.03. The van der Waals surface area contributed by atoms with Crippen molar-refractivity contribution < 1.29 is 9.59 Å². The van der Waals surface area contributed by atoms with Gasteiger partial charge in [-0.2, -0.15) is 0 Å². The van der Waals surface area contributed by atoms with Gasteiger partial charge in [-0.25, -0.2) is 9.97 Å². The third-order valence-electron chi connectivity index (χ3n) is 10.7. The van der Waals surface area contributed by atoms with Crippen molar-refractivity contribution in [2.24, 2.45) is 41.4 Å². The van der Waals surface area contributed by atoms with Gasteiger partial charge in [-0.3, -0.25) is 19.4 Å². The monoisotopic (exact) mass is 447 g/mol. The molecule has 7 fully saturated rings. The molecule has 1 aromatic rings. The molecule has 5 bridgehead atoms. The summed E-state index contributed by atoms with van der Waals surface area (Å²) >= 11 is 0. The SMILES string of the molecule is O=C1C(CCCCN2CCN(c3ncccn3)CC2)C2C3CC4CC5C6C(C13)C(C(=O)C42)N56. The maximum Gasteiger partial charge on any atom is 0.225 e. The van der Waals surface area contributed by atoms with Crippen molar-refractivity contribution in [3.63, 3.8) is 0 Å². The fourth-order valence-electron chi connectivity index (χ4n) is 9.58. The smallest absolute Gasteiger partial charge is 0.225 e. The second kappa shape index (κ2) is 6.85. The minimum atomic E-state index is 0.137. The third kappa shape index (κ3) is 2.53. The number of hydrogen-bond acceptors (Lipinski definition) is 7. The van der Waals surface area contributed by atoms with Gasteiger partial charge in [0.15, 0.2) is 5.78 Å². The van der Waals surface area contributed by atoms with Gasteiger partial charge in [0.05, 0.1) is 6.04 Å². The Labute approximate surface area is 194 Å². The summed E-state index contributed by atoms with van der Waals surface area (Å²) in [6.45, 7) is 5.16. The van der Waals surface area contributed by atoms with Crippen LogP contribution in [0.3, 0.4) is 0 Å². The van der Waals surface area contributed by atoms with Gasteiger partial charge in [-0.15, -0.1) is 0 Å². The van der Waals surface area contributed by atoms with Gasteiger partial charge in [-0.1, -0.05) is 6.42 Å². The van der Waals surface area contributed by atoms with Gasteiger partial charge in [0.25, 0.3) is 0 Å². The molecule has 0 N–H and O–H groups in total. The van der Waals surface area contributed by atoms with E-state index in [0.717, 1.165) is 57.9 Å². The second-order valence-corrected chi connectivity index (χ2v) is 11.8. The number of carbonyl (C=O) groups excluding carboxylic acids is 2. The highest BCUT2D eigenvalue weighted by Crippen LogP contribution is 2.72. The van der Waals surface area contributed by atoms with E-state index in [1.165, 1.54) is 12.8 Å². The van der Waals surface area contributed by atoms with Crippen molar-refractivity contribution in [3.05, 3.63) is 18.5 Å². The van der Waals surface area contributed by atoms with Crippen LogP contribution in [0.4, 0.5) is 5.95 Å². The van der Waals surface area contributed by atoms with Crippen molar-refractivity contribution in [1.29, 1.82) is 0 Å². The number of nitrogens with zero attached hydrogens (tertiary/aromatic N) is 5. The lowest BCUT2D eigenvalue weighted by Gasteiger charge is -2.43. The summed E-state index contributed by atoms with van der Waals surface area (Å²) in [6.07, 6.45) is 9.32. The largest absolute Gasteiger partial charge is 0.338 e. The standard InChI is InChI=1S/C26H33N5O2/c32-24-15(4-1-2-7-29-8-10-30(11-9-29)26-27-5-3-6-28-26)19-16-12-14-13-17-22-21(20(16)24)23(31(17)22)25(33)18(14)19/h3,5-6,14-23H,1-2,4,7-13H2. The molecular formula is C26H33N5O2. The lowest BCUT2D eigenvalue weighted by Crippen LogP contribution is -2.57. The quantitative estimate of drug-likeness (QED) is 0.483. The number of anilines is 1. The Morgan fingerprint density at radius 3 is 2.55 bits per heavy atom. The summed E-state index contributed by atoms with van der Waals surface area (Å²) in [4.78, 5) is 43.1. The summed E-state index contributed by atoms with van der Waals surface area (Å²) in [5.74, 6) is 4.47. The number of rotatable bonds is 6. The number of unbranched alkanes of at least 4 members (excludes halogenated alkanes) is 1. The number of piperazine rings is 1. The Morgan fingerprint density at radius 1 is 0.909 bits per heavy atom. The number of ketones is 2. The highest BCUT2D eigenvalue weighted by molar-refractivity contribution is 5.97. The molecule has 11 unspecified atom stereocenters. The van der Waals surface area contributed by atoms with Crippen LogP contribution in [0.25, 0.3) is 0 Å². The number of fused-ring (bicyclic) bond motifs is 3. The van der Waals surface area contributed by atoms with Crippen molar-refractivity contribution in [1.82, 2.24) is 19.8 Å². The van der Waals surface area contributed by atoms with Gasteiger partial charge in [0.2, 0.25) is 5.95 Å². The van der Waals surface area contributed by atoms with Crippen LogP contribution < -0.4 is 4.90 Å². The summed E-state index contributed by atoms with van der Waals surface area (Å²) < 4.78 is 0. The Balaban J connectivity index is 0.889. The highest BCUT2D eigenvalue weighted by atomic mass is 16.1. The molecular weight excluding hydrogens is 414 g/mol. The highest BCUT2D eigenvalue weighted by Gasteiger charge is 2.81. The Hall–Kier alpha value is -1.86. The molecule has 11 atom stereocenters. The normalized spacial score (nSPS) is 48.6. The van der Waals surface area contributed by atoms with Crippen LogP contribution in [0.2, 0.25) is 0 Å². The number of hydrogen-bond donors (Lipinski definition) is 0. The number of Topliss-reactive ketones (excluding diaryl/α,β-unsaturated/α-hetero) is 2. The summed E-state index contributed by atoms with van der Waals surface area (Å²) in [5.41, 5.74) is 0. The van der Waals surface area contributed by atoms with E-state index in [-0.39, 0.29) is 23.8 Å². The molecule has 7 aliphatic rings. The average Bonchev–Trinajstić information content (AvgIpc) is 3.16. The van der Waals surface area contributed by atoms with Crippen LogP contribution in [0.1, 0.15) is 32.1 Å². The fourth-order valence-corrected chi connectivity index (χ4v) is 9.58. The van der Waals surface area contributed by atoms with E-state index in [4.69, 9.17) is 0 Å². The van der Waals surface area contributed by atoms with E-state index >= 15 is 0 Å². The van der Waals surface area contributed by atoms with Crippen LogP contribution in [0, 0.1) is 41.4 Å². The molecule has 0 aromatic carbocycles. The van der Waals surface area contributed by atoms with Crippen LogP contribution in [0.5, 0.6) is 0 Å². The minimum Gasteiger partial charge on any atom is -0.338 e. The molecule has 4 aliphatic heterocycles. The predicted octanol–water partition coefficient (Wildman–Crippen LogP) is 1.49. The summed E-state index contributed by atoms with van der Waals surface area (Å²) in [7, 11) is 0. The average molecular weight is 448 g/mol. The number of carbonyl (C=O) groups is 2. The lowest BCUT2D eigenvalue weighted by molar-refractivity contribution is -0.141. The van der Waals surface area contributed by atoms with Crippen LogP contribution in [-0.2, 0) is 9.59 Å². The zero-order valence-corrected chi connectivity index (χ0v) is 19.1. The van der Waals surface area contributed by atoms with E-state index < -0.39 is 0 Å². The van der Waals surface area contributed by atoms with Crippen molar-refractivity contribution in [2.45, 2.75) is 50.2 Å². The van der Waals surface area contributed by atoms with E-state index in [1.807, 2.05) is 18.5 Å².